The molecule has 1 aromatic heterocycles. The van der Waals surface area contributed by atoms with E-state index in [2.05, 4.69) is 29.2 Å². The molecule has 1 aromatic rings. The van der Waals surface area contributed by atoms with Gasteiger partial charge in [-0.1, -0.05) is 13.8 Å². The number of aromatic nitrogens is 3. The average molecular weight is 270 g/mol. The van der Waals surface area contributed by atoms with Crippen molar-refractivity contribution in [1.29, 1.82) is 0 Å². The van der Waals surface area contributed by atoms with Gasteiger partial charge in [0.2, 0.25) is 0 Å². The van der Waals surface area contributed by atoms with Gasteiger partial charge in [0.05, 0.1) is 19.7 Å². The molecule has 0 fully saturated rings. The minimum Gasteiger partial charge on any atom is -0.385 e. The lowest BCUT2D eigenvalue weighted by Crippen LogP contribution is -2.22. The van der Waals surface area contributed by atoms with Gasteiger partial charge in [0.25, 0.3) is 0 Å². The van der Waals surface area contributed by atoms with E-state index in [-0.39, 0.29) is 0 Å². The molecule has 0 aliphatic rings. The zero-order chi connectivity index (χ0) is 13.9. The molecule has 0 saturated carbocycles. The first-order valence-corrected chi connectivity index (χ1v) is 6.88. The van der Waals surface area contributed by atoms with E-state index >= 15 is 0 Å². The van der Waals surface area contributed by atoms with E-state index in [1.807, 2.05) is 4.68 Å². The minimum atomic E-state index is 0.639. The average Bonchev–Trinajstić information content (AvgIpc) is 2.81. The second-order valence-electron chi connectivity index (χ2n) is 4.88. The lowest BCUT2D eigenvalue weighted by molar-refractivity contribution is 0.0955. The maximum Gasteiger partial charge on any atom is 0.140 e. The monoisotopic (exact) mass is 270 g/mol. The smallest absolute Gasteiger partial charge is 0.140 e. The molecular formula is C13H26N4O2. The number of rotatable bonds is 11. The molecule has 6 heteroatoms. The Morgan fingerprint density at radius 2 is 2.16 bits per heavy atom. The van der Waals surface area contributed by atoms with E-state index in [4.69, 9.17) is 9.47 Å². The van der Waals surface area contributed by atoms with Gasteiger partial charge in [0.15, 0.2) is 0 Å². The highest BCUT2D eigenvalue weighted by atomic mass is 16.5. The molecule has 1 rings (SSSR count). The highest BCUT2D eigenvalue weighted by Gasteiger charge is 2.04. The molecule has 1 N–H and O–H groups in total. The van der Waals surface area contributed by atoms with Crippen molar-refractivity contribution in [2.75, 3.05) is 33.5 Å². The summed E-state index contributed by atoms with van der Waals surface area (Å²) >= 11 is 0. The Hall–Kier alpha value is -0.980. The van der Waals surface area contributed by atoms with Gasteiger partial charge < -0.3 is 14.8 Å². The van der Waals surface area contributed by atoms with E-state index in [1.54, 1.807) is 13.4 Å². The highest BCUT2D eigenvalue weighted by Crippen LogP contribution is 1.96. The lowest BCUT2D eigenvalue weighted by Gasteiger charge is -2.09. The summed E-state index contributed by atoms with van der Waals surface area (Å²) in [4.78, 5) is 4.26. The number of methoxy groups -OCH3 is 1. The molecule has 0 amide bonds. The van der Waals surface area contributed by atoms with Crippen molar-refractivity contribution in [3.8, 4) is 0 Å². The van der Waals surface area contributed by atoms with Crippen LogP contribution in [0, 0.1) is 5.92 Å². The van der Waals surface area contributed by atoms with Crippen LogP contribution in [-0.4, -0.2) is 48.2 Å². The van der Waals surface area contributed by atoms with Crippen molar-refractivity contribution in [3.05, 3.63) is 12.2 Å². The van der Waals surface area contributed by atoms with Crippen LogP contribution in [0.2, 0.25) is 0 Å². The van der Waals surface area contributed by atoms with E-state index in [1.165, 1.54) is 0 Å². The first-order valence-electron chi connectivity index (χ1n) is 6.88. The molecule has 0 bridgehead atoms. The van der Waals surface area contributed by atoms with Crippen molar-refractivity contribution in [1.82, 2.24) is 20.1 Å². The van der Waals surface area contributed by atoms with Crippen LogP contribution in [0.1, 0.15) is 26.1 Å². The summed E-state index contributed by atoms with van der Waals surface area (Å²) in [6.07, 6.45) is 2.52. The van der Waals surface area contributed by atoms with Crippen LogP contribution in [-0.2, 0) is 22.6 Å². The molecule has 0 aliphatic carbocycles. The van der Waals surface area contributed by atoms with Gasteiger partial charge in [-0.05, 0) is 18.9 Å². The van der Waals surface area contributed by atoms with E-state index in [9.17, 15) is 0 Å². The zero-order valence-corrected chi connectivity index (χ0v) is 12.3. The number of nitrogens with one attached hydrogen (secondary N) is 1. The molecule has 0 aromatic carbocycles. The summed E-state index contributed by atoms with van der Waals surface area (Å²) < 4.78 is 12.4. The molecular weight excluding hydrogens is 244 g/mol. The van der Waals surface area contributed by atoms with Crippen LogP contribution >= 0.6 is 0 Å². The summed E-state index contributed by atoms with van der Waals surface area (Å²) in [5.74, 6) is 1.60. The van der Waals surface area contributed by atoms with Gasteiger partial charge in [-0.2, -0.15) is 5.10 Å². The molecule has 0 aliphatic heterocycles. The van der Waals surface area contributed by atoms with Crippen LogP contribution in [0.3, 0.4) is 0 Å². The van der Waals surface area contributed by atoms with Gasteiger partial charge in [-0.25, -0.2) is 9.67 Å². The van der Waals surface area contributed by atoms with Crippen molar-refractivity contribution < 1.29 is 9.47 Å². The minimum absolute atomic E-state index is 0.639. The first-order chi connectivity index (χ1) is 9.24. The Kier molecular flexibility index (Phi) is 8.36. The Bertz CT molecular complexity index is 328. The summed E-state index contributed by atoms with van der Waals surface area (Å²) in [6.45, 7) is 8.98. The molecule has 0 saturated heterocycles. The summed E-state index contributed by atoms with van der Waals surface area (Å²) in [5.41, 5.74) is 0. The molecule has 0 atom stereocenters. The topological polar surface area (TPSA) is 61.2 Å². The molecule has 19 heavy (non-hydrogen) atoms. The predicted octanol–water partition coefficient (Wildman–Crippen LogP) is 1.08. The van der Waals surface area contributed by atoms with Crippen LogP contribution < -0.4 is 5.32 Å². The lowest BCUT2D eigenvalue weighted by atomic mass is 10.2. The van der Waals surface area contributed by atoms with E-state index in [0.29, 0.717) is 12.5 Å². The third-order valence-corrected chi connectivity index (χ3v) is 2.62. The molecule has 0 unspecified atom stereocenters. The first kappa shape index (κ1) is 16.1. The second kappa shape index (κ2) is 9.89. The number of hydrogen-bond acceptors (Lipinski definition) is 5. The number of ether oxygens (including phenoxy) is 2. The Balaban J connectivity index is 2.17. The van der Waals surface area contributed by atoms with E-state index < -0.39 is 0 Å². The molecule has 6 nitrogen and oxygen atoms in total. The van der Waals surface area contributed by atoms with Gasteiger partial charge in [-0.3, -0.25) is 0 Å². The maximum absolute atomic E-state index is 5.52. The summed E-state index contributed by atoms with van der Waals surface area (Å²) in [5, 5.41) is 7.57. The summed E-state index contributed by atoms with van der Waals surface area (Å²) in [6, 6.07) is 0. The fraction of sp³-hybridized carbons (Fsp3) is 0.846. The van der Waals surface area contributed by atoms with Crippen molar-refractivity contribution >= 4 is 0 Å². The third-order valence-electron chi connectivity index (χ3n) is 2.62. The van der Waals surface area contributed by atoms with Crippen molar-refractivity contribution in [3.63, 3.8) is 0 Å². The van der Waals surface area contributed by atoms with Gasteiger partial charge in [0.1, 0.15) is 12.2 Å². The van der Waals surface area contributed by atoms with Crippen molar-refractivity contribution in [2.45, 2.75) is 33.4 Å². The normalized spacial score (nSPS) is 11.4. The number of hydrogen-bond donors (Lipinski definition) is 1. The van der Waals surface area contributed by atoms with E-state index in [0.717, 1.165) is 45.1 Å². The second-order valence-corrected chi connectivity index (χ2v) is 4.88. The van der Waals surface area contributed by atoms with Crippen molar-refractivity contribution in [2.24, 2.45) is 5.92 Å². The third kappa shape index (κ3) is 7.25. The summed E-state index contributed by atoms with van der Waals surface area (Å²) in [7, 11) is 1.70. The molecule has 1 heterocycles. The molecule has 0 radical (unpaired) electrons. The molecule has 0 spiro atoms. The van der Waals surface area contributed by atoms with Gasteiger partial charge in [0, 0.05) is 20.3 Å². The zero-order valence-electron chi connectivity index (χ0n) is 12.3. The largest absolute Gasteiger partial charge is 0.385 e. The van der Waals surface area contributed by atoms with Gasteiger partial charge >= 0.3 is 0 Å². The SMILES string of the molecule is COCCCOCCn1ncnc1CNCC(C)C. The fourth-order valence-corrected chi connectivity index (χ4v) is 1.64. The van der Waals surface area contributed by atoms with Gasteiger partial charge in [-0.15, -0.1) is 0 Å². The van der Waals surface area contributed by atoms with Crippen LogP contribution in [0.4, 0.5) is 0 Å². The van der Waals surface area contributed by atoms with Crippen LogP contribution in [0.5, 0.6) is 0 Å². The number of nitrogens with zero attached hydrogens (tertiary/aromatic N) is 3. The maximum atomic E-state index is 5.52. The highest BCUT2D eigenvalue weighted by molar-refractivity contribution is 4.83. The Morgan fingerprint density at radius 1 is 1.32 bits per heavy atom. The molecule has 110 valence electrons. The van der Waals surface area contributed by atoms with Crippen LogP contribution in [0.25, 0.3) is 0 Å². The fourth-order valence-electron chi connectivity index (χ4n) is 1.64. The quantitative estimate of drug-likeness (QED) is 0.610. The Morgan fingerprint density at radius 3 is 2.89 bits per heavy atom. The predicted molar refractivity (Wildman–Crippen MR) is 73.9 cm³/mol. The Labute approximate surface area is 115 Å². The van der Waals surface area contributed by atoms with Crippen LogP contribution in [0.15, 0.2) is 6.33 Å². The standard InChI is InChI=1S/C13H26N4O2/c1-12(2)9-14-10-13-15-11-16-17(13)5-8-19-7-4-6-18-3/h11-12,14H,4-10H2,1-3H3.